The van der Waals surface area contributed by atoms with Crippen molar-refractivity contribution in [2.45, 2.75) is 32.4 Å². The largest absolute Gasteiger partial charge is 0.462 e. The molecular weight excluding hydrogens is 487 g/mol. The molecule has 1 fully saturated rings. The second-order valence-electron chi connectivity index (χ2n) is 7.90. The van der Waals surface area contributed by atoms with E-state index in [9.17, 15) is 18.0 Å². The molecule has 0 radical (unpaired) electrons. The van der Waals surface area contributed by atoms with Gasteiger partial charge >= 0.3 is 5.97 Å². The topological polar surface area (TPSA) is 92.8 Å². The molecule has 1 aliphatic heterocycles. The summed E-state index contributed by atoms with van der Waals surface area (Å²) < 4.78 is 32.1. The molecule has 0 atom stereocenters. The van der Waals surface area contributed by atoms with E-state index in [2.05, 4.69) is 5.32 Å². The van der Waals surface area contributed by atoms with Crippen molar-refractivity contribution in [1.29, 1.82) is 0 Å². The molecule has 0 saturated carbocycles. The minimum atomic E-state index is -3.58. The van der Waals surface area contributed by atoms with Crippen molar-refractivity contribution in [2.24, 2.45) is 5.92 Å². The number of rotatable bonds is 7. The lowest BCUT2D eigenvalue weighted by Gasteiger charge is -2.30. The smallest absolute Gasteiger partial charge is 0.338 e. The molecule has 1 aliphatic rings. The number of benzene rings is 2. The van der Waals surface area contributed by atoms with Crippen LogP contribution in [0, 0.1) is 12.8 Å². The van der Waals surface area contributed by atoms with Gasteiger partial charge in [0.25, 0.3) is 0 Å². The van der Waals surface area contributed by atoms with Gasteiger partial charge in [-0.2, -0.15) is 0 Å². The summed E-state index contributed by atoms with van der Waals surface area (Å²) in [4.78, 5) is 24.8. The van der Waals surface area contributed by atoms with Gasteiger partial charge in [0, 0.05) is 34.7 Å². The normalized spacial score (nSPS) is 15.3. The van der Waals surface area contributed by atoms with Crippen molar-refractivity contribution in [2.75, 3.05) is 25.0 Å². The average Bonchev–Trinajstić information content (AvgIpc) is 2.77. The number of nitrogens with zero attached hydrogens (tertiary/aromatic N) is 1. The van der Waals surface area contributed by atoms with Crippen LogP contribution in [0.5, 0.6) is 0 Å². The Kier molecular flexibility index (Phi) is 8.39. The summed E-state index contributed by atoms with van der Waals surface area (Å²) in [6, 6.07) is 9.73. The zero-order chi connectivity index (χ0) is 24.2. The Morgan fingerprint density at radius 3 is 2.45 bits per heavy atom. The number of carbonyl (C=O) groups excluding carboxylic acids is 2. The van der Waals surface area contributed by atoms with Gasteiger partial charge in [-0.15, -0.1) is 0 Å². The summed E-state index contributed by atoms with van der Waals surface area (Å²) in [5.74, 6) is -1.20. The summed E-state index contributed by atoms with van der Waals surface area (Å²) >= 11 is 12.0. The third-order valence-electron chi connectivity index (χ3n) is 5.58. The molecule has 1 saturated heterocycles. The first-order valence-corrected chi connectivity index (χ1v) is 13.0. The Bertz CT molecular complexity index is 1150. The van der Waals surface area contributed by atoms with Gasteiger partial charge in [0.05, 0.1) is 17.9 Å². The summed E-state index contributed by atoms with van der Waals surface area (Å²) in [6.07, 6.45) is 0.798. The molecule has 10 heteroatoms. The van der Waals surface area contributed by atoms with Gasteiger partial charge in [-0.1, -0.05) is 35.3 Å². The summed E-state index contributed by atoms with van der Waals surface area (Å²) in [5.41, 5.74) is 2.20. The molecule has 1 amide bonds. The number of amides is 1. The zero-order valence-corrected chi connectivity index (χ0v) is 20.8. The minimum absolute atomic E-state index is 0.197. The molecule has 0 spiro atoms. The van der Waals surface area contributed by atoms with Crippen molar-refractivity contribution in [3.05, 3.63) is 63.1 Å². The van der Waals surface area contributed by atoms with Crippen molar-refractivity contribution in [3.63, 3.8) is 0 Å². The maximum absolute atomic E-state index is 12.8. The van der Waals surface area contributed by atoms with Gasteiger partial charge in [0.2, 0.25) is 15.9 Å². The summed E-state index contributed by atoms with van der Waals surface area (Å²) in [5, 5.41) is 3.63. The Balaban J connectivity index is 1.61. The molecule has 0 aromatic heterocycles. The van der Waals surface area contributed by atoms with Crippen LogP contribution < -0.4 is 5.32 Å². The van der Waals surface area contributed by atoms with Crippen LogP contribution in [0.25, 0.3) is 0 Å². The first kappa shape index (κ1) is 25.5. The van der Waals surface area contributed by atoms with Crippen molar-refractivity contribution in [1.82, 2.24) is 4.31 Å². The van der Waals surface area contributed by atoms with E-state index in [0.717, 1.165) is 5.56 Å². The third-order valence-corrected chi connectivity index (χ3v) is 7.99. The predicted octanol–water partition coefficient (Wildman–Crippen LogP) is 4.66. The highest BCUT2D eigenvalue weighted by molar-refractivity contribution is 7.88. The molecule has 1 N–H and O–H groups in total. The molecule has 3 rings (SSSR count). The lowest BCUT2D eigenvalue weighted by atomic mass is 9.97. The molecule has 0 unspecified atom stereocenters. The number of esters is 1. The lowest BCUT2D eigenvalue weighted by Crippen LogP contribution is -2.42. The highest BCUT2D eigenvalue weighted by atomic mass is 35.5. The number of anilines is 1. The fourth-order valence-corrected chi connectivity index (χ4v) is 5.80. The highest BCUT2D eigenvalue weighted by Gasteiger charge is 2.31. The summed E-state index contributed by atoms with van der Waals surface area (Å²) in [7, 11) is -3.58. The number of hydrogen-bond acceptors (Lipinski definition) is 5. The SMILES string of the molecule is CCOC(=O)c1ccc(C)c(NC(=O)C2CCN(S(=O)(=O)Cc3ccc(Cl)cc3Cl)CC2)c1. The molecule has 0 aliphatic carbocycles. The minimum Gasteiger partial charge on any atom is -0.462 e. The van der Waals surface area contributed by atoms with Crippen LogP contribution in [0.15, 0.2) is 36.4 Å². The lowest BCUT2D eigenvalue weighted by molar-refractivity contribution is -0.120. The van der Waals surface area contributed by atoms with Crippen LogP contribution in [-0.4, -0.2) is 44.3 Å². The Morgan fingerprint density at radius 2 is 1.82 bits per heavy atom. The zero-order valence-electron chi connectivity index (χ0n) is 18.4. The maximum Gasteiger partial charge on any atom is 0.338 e. The highest BCUT2D eigenvalue weighted by Crippen LogP contribution is 2.27. The number of aryl methyl sites for hydroxylation is 1. The molecule has 7 nitrogen and oxygen atoms in total. The van der Waals surface area contributed by atoms with Crippen LogP contribution >= 0.6 is 23.2 Å². The number of ether oxygens (including phenoxy) is 1. The van der Waals surface area contributed by atoms with Gasteiger partial charge in [-0.3, -0.25) is 4.79 Å². The quantitative estimate of drug-likeness (QED) is 0.544. The van der Waals surface area contributed by atoms with Gasteiger partial charge in [0.15, 0.2) is 0 Å². The molecule has 2 aromatic rings. The second kappa shape index (κ2) is 10.9. The Labute approximate surface area is 204 Å². The molecule has 1 heterocycles. The second-order valence-corrected chi connectivity index (χ2v) is 10.7. The molecular formula is C23H26Cl2N2O5S. The first-order valence-electron chi connectivity index (χ1n) is 10.6. The first-order chi connectivity index (χ1) is 15.6. The van der Waals surface area contributed by atoms with Gasteiger partial charge in [0.1, 0.15) is 0 Å². The molecule has 33 heavy (non-hydrogen) atoms. The number of nitrogens with one attached hydrogen (secondary N) is 1. The van der Waals surface area contributed by atoms with Gasteiger partial charge in [-0.05, 0) is 62.1 Å². The Morgan fingerprint density at radius 1 is 1.12 bits per heavy atom. The van der Waals surface area contributed by atoms with E-state index in [1.165, 1.54) is 10.4 Å². The van der Waals surface area contributed by atoms with Crippen LogP contribution in [0.2, 0.25) is 10.0 Å². The molecule has 178 valence electrons. The number of sulfonamides is 1. The van der Waals surface area contributed by atoms with E-state index < -0.39 is 16.0 Å². The average molecular weight is 513 g/mol. The van der Waals surface area contributed by atoms with Gasteiger partial charge in [-0.25, -0.2) is 17.5 Å². The van der Waals surface area contributed by atoms with Crippen molar-refractivity contribution < 1.29 is 22.7 Å². The molecule has 2 aromatic carbocycles. The van der Waals surface area contributed by atoms with Gasteiger partial charge < -0.3 is 10.1 Å². The fourth-order valence-electron chi connectivity index (χ4n) is 3.66. The number of halogens is 2. The number of carbonyl (C=O) groups is 2. The number of hydrogen-bond donors (Lipinski definition) is 1. The van der Waals surface area contributed by atoms with E-state index in [1.807, 2.05) is 6.92 Å². The van der Waals surface area contributed by atoms with Crippen molar-refractivity contribution >= 4 is 50.8 Å². The van der Waals surface area contributed by atoms with Crippen LogP contribution in [0.4, 0.5) is 5.69 Å². The van der Waals surface area contributed by atoms with Crippen LogP contribution in [-0.2, 0) is 25.3 Å². The predicted molar refractivity (Wildman–Crippen MR) is 129 cm³/mol. The third kappa shape index (κ3) is 6.47. The van der Waals surface area contributed by atoms with E-state index in [4.69, 9.17) is 27.9 Å². The van der Waals surface area contributed by atoms with Crippen LogP contribution in [0.3, 0.4) is 0 Å². The monoisotopic (exact) mass is 512 g/mol. The fraction of sp³-hybridized carbons (Fsp3) is 0.391. The Hall–Kier alpha value is -2.13. The van der Waals surface area contributed by atoms with E-state index >= 15 is 0 Å². The van der Waals surface area contributed by atoms with E-state index in [-0.39, 0.29) is 37.3 Å². The summed E-state index contributed by atoms with van der Waals surface area (Å²) in [6.45, 7) is 4.31. The molecule has 0 bridgehead atoms. The van der Waals surface area contributed by atoms with E-state index in [0.29, 0.717) is 39.7 Å². The van der Waals surface area contributed by atoms with E-state index in [1.54, 1.807) is 37.3 Å². The maximum atomic E-state index is 12.8. The number of piperidine rings is 1. The standard InChI is InChI=1S/C23H26Cl2N2O5S/c1-3-32-23(29)17-5-4-15(2)21(12-17)26-22(28)16-8-10-27(11-9-16)33(30,31)14-18-6-7-19(24)13-20(18)25/h4-7,12-13,16H,3,8-11,14H2,1-2H3,(H,26,28). The van der Waals surface area contributed by atoms with Crippen molar-refractivity contribution in [3.8, 4) is 0 Å². The van der Waals surface area contributed by atoms with Crippen LogP contribution in [0.1, 0.15) is 41.3 Å².